The molecule has 0 bridgehead atoms. The summed E-state index contributed by atoms with van der Waals surface area (Å²) >= 11 is 0. The van der Waals surface area contributed by atoms with Gasteiger partial charge in [0.2, 0.25) is 5.91 Å². The lowest BCUT2D eigenvalue weighted by Gasteiger charge is -2.33. The highest BCUT2D eigenvalue weighted by Crippen LogP contribution is 2.27. The lowest BCUT2D eigenvalue weighted by atomic mass is 9.99. The van der Waals surface area contributed by atoms with Gasteiger partial charge in [-0.25, -0.2) is 0 Å². The normalized spacial score (nSPS) is 24.2. The molecule has 2 saturated heterocycles. The van der Waals surface area contributed by atoms with Crippen molar-refractivity contribution in [3.63, 3.8) is 0 Å². The molecule has 0 saturated carbocycles. The molecule has 0 spiro atoms. The molecular weight excluding hydrogens is 300 g/mol. The fourth-order valence-electron chi connectivity index (χ4n) is 3.97. The van der Waals surface area contributed by atoms with Gasteiger partial charge in [-0.15, -0.1) is 0 Å². The van der Waals surface area contributed by atoms with Gasteiger partial charge >= 0.3 is 0 Å². The van der Waals surface area contributed by atoms with E-state index in [0.29, 0.717) is 19.0 Å². The van der Waals surface area contributed by atoms with Gasteiger partial charge in [-0.2, -0.15) is 0 Å². The first-order valence-electron chi connectivity index (χ1n) is 9.38. The van der Waals surface area contributed by atoms with E-state index in [-0.39, 0.29) is 5.91 Å². The van der Waals surface area contributed by atoms with Crippen LogP contribution in [0.3, 0.4) is 0 Å². The van der Waals surface area contributed by atoms with Crippen molar-refractivity contribution in [3.05, 3.63) is 35.9 Å². The minimum atomic E-state index is -0.442. The monoisotopic (exact) mass is 330 g/mol. The third-order valence-electron chi connectivity index (χ3n) is 5.65. The average molecular weight is 330 g/mol. The van der Waals surface area contributed by atoms with Crippen molar-refractivity contribution in [1.29, 1.82) is 0 Å². The molecule has 132 valence electrons. The highest BCUT2D eigenvalue weighted by molar-refractivity contribution is 5.78. The number of benzene rings is 1. The number of rotatable bonds is 5. The zero-order chi connectivity index (χ0) is 16.9. The molecule has 2 aliphatic rings. The van der Waals surface area contributed by atoms with Crippen LogP contribution in [0.1, 0.15) is 50.7 Å². The maximum atomic E-state index is 12.6. The molecule has 0 aromatic heterocycles. The van der Waals surface area contributed by atoms with E-state index in [1.807, 2.05) is 35.2 Å². The van der Waals surface area contributed by atoms with Crippen molar-refractivity contribution in [2.45, 2.75) is 51.2 Å². The van der Waals surface area contributed by atoms with Gasteiger partial charge in [0, 0.05) is 19.1 Å². The number of hydrogen-bond donors (Lipinski definition) is 1. The zero-order valence-corrected chi connectivity index (χ0v) is 14.7. The van der Waals surface area contributed by atoms with E-state index in [2.05, 4.69) is 11.8 Å². The molecular formula is C20H30N2O2. The number of hydrogen-bond acceptors (Lipinski definition) is 3. The van der Waals surface area contributed by atoms with Crippen LogP contribution in [-0.2, 0) is 4.79 Å². The summed E-state index contributed by atoms with van der Waals surface area (Å²) in [5.41, 5.74) is 0.973. The fourth-order valence-corrected chi connectivity index (χ4v) is 3.97. The van der Waals surface area contributed by atoms with Crippen molar-refractivity contribution in [3.8, 4) is 0 Å². The summed E-state index contributed by atoms with van der Waals surface area (Å²) in [6, 6.07) is 10.2. The Morgan fingerprint density at radius 3 is 2.58 bits per heavy atom. The van der Waals surface area contributed by atoms with Crippen LogP contribution < -0.4 is 0 Å². The Balaban J connectivity index is 1.52. The van der Waals surface area contributed by atoms with Gasteiger partial charge < -0.3 is 10.0 Å². The highest BCUT2D eigenvalue weighted by atomic mass is 16.3. The Bertz CT molecular complexity index is 526. The molecule has 4 nitrogen and oxygen atoms in total. The van der Waals surface area contributed by atoms with Crippen LogP contribution in [-0.4, -0.2) is 53.0 Å². The Kier molecular flexibility index (Phi) is 5.90. The maximum absolute atomic E-state index is 12.6. The van der Waals surface area contributed by atoms with E-state index in [1.165, 1.54) is 0 Å². The molecule has 1 amide bonds. The van der Waals surface area contributed by atoms with E-state index in [0.717, 1.165) is 56.8 Å². The van der Waals surface area contributed by atoms with Gasteiger partial charge in [0.05, 0.1) is 12.6 Å². The topological polar surface area (TPSA) is 43.8 Å². The van der Waals surface area contributed by atoms with E-state index in [9.17, 15) is 9.90 Å². The first-order chi connectivity index (χ1) is 11.6. The summed E-state index contributed by atoms with van der Waals surface area (Å²) in [5, 5.41) is 10.5. The number of piperidine rings is 1. The van der Waals surface area contributed by atoms with Crippen LogP contribution >= 0.6 is 0 Å². The summed E-state index contributed by atoms with van der Waals surface area (Å²) in [5.74, 6) is 1.01. The summed E-state index contributed by atoms with van der Waals surface area (Å²) < 4.78 is 0. The molecule has 0 radical (unpaired) electrons. The van der Waals surface area contributed by atoms with Crippen molar-refractivity contribution in [2.75, 3.05) is 26.2 Å². The Morgan fingerprint density at radius 2 is 1.88 bits per heavy atom. The molecule has 4 heteroatoms. The van der Waals surface area contributed by atoms with Gasteiger partial charge in [-0.05, 0) is 50.1 Å². The SMILES string of the molecule is CC1CCN(C(=O)CN2CCCC2CC(O)c2ccccc2)CC1. The van der Waals surface area contributed by atoms with E-state index in [1.54, 1.807) is 0 Å². The number of likely N-dealkylation sites (tertiary alicyclic amines) is 2. The van der Waals surface area contributed by atoms with Crippen LogP contribution in [0.4, 0.5) is 0 Å². The molecule has 1 N–H and O–H groups in total. The van der Waals surface area contributed by atoms with Crippen molar-refractivity contribution in [2.24, 2.45) is 5.92 Å². The molecule has 1 aromatic carbocycles. The summed E-state index contributed by atoms with van der Waals surface area (Å²) in [6.07, 6.45) is 4.73. The Morgan fingerprint density at radius 1 is 1.17 bits per heavy atom. The third-order valence-corrected chi connectivity index (χ3v) is 5.65. The second kappa shape index (κ2) is 8.13. The molecule has 1 aromatic rings. The zero-order valence-electron chi connectivity index (χ0n) is 14.7. The molecule has 0 aliphatic carbocycles. The number of nitrogens with zero attached hydrogens (tertiary/aromatic N) is 2. The number of amides is 1. The number of carbonyl (C=O) groups is 1. The van der Waals surface area contributed by atoms with Gasteiger partial charge in [-0.3, -0.25) is 9.69 Å². The van der Waals surface area contributed by atoms with E-state index >= 15 is 0 Å². The van der Waals surface area contributed by atoms with Crippen LogP contribution in [0.5, 0.6) is 0 Å². The summed E-state index contributed by atoms with van der Waals surface area (Å²) in [6.45, 7) is 5.57. The first-order valence-corrected chi connectivity index (χ1v) is 9.38. The first kappa shape index (κ1) is 17.4. The average Bonchev–Trinajstić information content (AvgIpc) is 3.03. The second-order valence-electron chi connectivity index (χ2n) is 7.49. The van der Waals surface area contributed by atoms with Crippen molar-refractivity contribution < 1.29 is 9.90 Å². The largest absolute Gasteiger partial charge is 0.388 e. The predicted molar refractivity (Wildman–Crippen MR) is 95.6 cm³/mol. The third kappa shape index (κ3) is 4.37. The Labute approximate surface area is 145 Å². The maximum Gasteiger partial charge on any atom is 0.236 e. The van der Waals surface area contributed by atoms with Crippen LogP contribution in [0.15, 0.2) is 30.3 Å². The number of carbonyl (C=O) groups excluding carboxylic acids is 1. The van der Waals surface area contributed by atoms with Gasteiger partial charge in [-0.1, -0.05) is 37.3 Å². The molecule has 2 atom stereocenters. The lowest BCUT2D eigenvalue weighted by molar-refractivity contribution is -0.134. The van der Waals surface area contributed by atoms with Crippen LogP contribution in [0, 0.1) is 5.92 Å². The molecule has 2 aliphatic heterocycles. The van der Waals surface area contributed by atoms with E-state index < -0.39 is 6.10 Å². The second-order valence-corrected chi connectivity index (χ2v) is 7.49. The lowest BCUT2D eigenvalue weighted by Crippen LogP contribution is -2.45. The van der Waals surface area contributed by atoms with Gasteiger partial charge in [0.25, 0.3) is 0 Å². The molecule has 3 rings (SSSR count). The summed E-state index contributed by atoms with van der Waals surface area (Å²) in [7, 11) is 0. The number of aliphatic hydroxyl groups excluding tert-OH is 1. The molecule has 2 fully saturated rings. The molecule has 2 heterocycles. The highest BCUT2D eigenvalue weighted by Gasteiger charge is 2.30. The standard InChI is InChI=1S/C20H30N2O2/c1-16-9-12-21(13-10-16)20(24)15-22-11-5-8-18(22)14-19(23)17-6-3-2-4-7-17/h2-4,6-7,16,18-19,23H,5,8-15H2,1H3. The quantitative estimate of drug-likeness (QED) is 0.903. The van der Waals surface area contributed by atoms with Crippen molar-refractivity contribution >= 4 is 5.91 Å². The van der Waals surface area contributed by atoms with Crippen LogP contribution in [0.2, 0.25) is 0 Å². The molecule has 2 unspecified atom stereocenters. The minimum Gasteiger partial charge on any atom is -0.388 e. The predicted octanol–water partition coefficient (Wildman–Crippen LogP) is 2.83. The number of aliphatic hydroxyl groups is 1. The van der Waals surface area contributed by atoms with Gasteiger partial charge in [0.15, 0.2) is 0 Å². The van der Waals surface area contributed by atoms with E-state index in [4.69, 9.17) is 0 Å². The minimum absolute atomic E-state index is 0.267. The van der Waals surface area contributed by atoms with Crippen molar-refractivity contribution in [1.82, 2.24) is 9.80 Å². The smallest absolute Gasteiger partial charge is 0.236 e. The fraction of sp³-hybridized carbons (Fsp3) is 0.650. The Hall–Kier alpha value is -1.39. The van der Waals surface area contributed by atoms with Gasteiger partial charge in [0.1, 0.15) is 0 Å². The van der Waals surface area contributed by atoms with Crippen LogP contribution in [0.25, 0.3) is 0 Å². The summed E-state index contributed by atoms with van der Waals surface area (Å²) in [4.78, 5) is 16.9. The molecule has 24 heavy (non-hydrogen) atoms.